The highest BCUT2D eigenvalue weighted by molar-refractivity contribution is 5.86. The van der Waals surface area contributed by atoms with Gasteiger partial charge >= 0.3 is 5.97 Å². The van der Waals surface area contributed by atoms with Gasteiger partial charge in [-0.2, -0.15) is 4.80 Å². The molecule has 2 unspecified atom stereocenters. The van der Waals surface area contributed by atoms with E-state index in [1.54, 1.807) is 6.92 Å². The number of nitrogens with zero attached hydrogens (tertiary/aromatic N) is 3. The number of aliphatic hydroxyl groups excluding tert-OH is 1. The van der Waals surface area contributed by atoms with Gasteiger partial charge in [-0.1, -0.05) is 51.6 Å². The van der Waals surface area contributed by atoms with E-state index in [-0.39, 0.29) is 12.0 Å². The normalized spacial score (nSPS) is 22.2. The molecule has 148 valence electrons. The van der Waals surface area contributed by atoms with E-state index in [1.807, 2.05) is 42.5 Å². The Labute approximate surface area is 165 Å². The average Bonchev–Trinajstić information content (AvgIpc) is 3.05. The molecule has 28 heavy (non-hydrogen) atoms. The summed E-state index contributed by atoms with van der Waals surface area (Å²) in [5, 5.41) is 20.4. The number of benzene rings is 1. The van der Waals surface area contributed by atoms with E-state index < -0.39 is 17.5 Å². The smallest absolute Gasteiger partial charge is 0.333 e. The van der Waals surface area contributed by atoms with Gasteiger partial charge in [0, 0.05) is 11.0 Å². The third-order valence-electron chi connectivity index (χ3n) is 5.44. The SMILES string of the molecule is C=C(C)C(=O)OCCC1(C(C)(C)C)C=CC=C(n2nc3ccccc3n2)C1O. The van der Waals surface area contributed by atoms with Crippen LogP contribution >= 0.6 is 0 Å². The molecular weight excluding hydrogens is 354 g/mol. The van der Waals surface area contributed by atoms with Crippen molar-refractivity contribution in [1.29, 1.82) is 0 Å². The largest absolute Gasteiger partial charge is 0.462 e. The van der Waals surface area contributed by atoms with Crippen molar-refractivity contribution in [3.8, 4) is 0 Å². The standard InChI is InChI=1S/C22H27N3O3/c1-15(2)20(27)28-14-13-22(21(3,4)5)12-8-11-18(19(22)26)25-23-16-9-6-7-10-17(16)24-25/h6-12,19,26H,1,13-14H2,2-5H3. The van der Waals surface area contributed by atoms with Gasteiger partial charge in [0.05, 0.1) is 12.3 Å². The molecule has 0 bridgehead atoms. The Morgan fingerprint density at radius 3 is 2.43 bits per heavy atom. The molecule has 1 heterocycles. The summed E-state index contributed by atoms with van der Waals surface area (Å²) >= 11 is 0. The van der Waals surface area contributed by atoms with Crippen molar-refractivity contribution in [1.82, 2.24) is 15.0 Å². The number of fused-ring (bicyclic) bond motifs is 1. The van der Waals surface area contributed by atoms with Crippen molar-refractivity contribution in [2.75, 3.05) is 6.61 Å². The highest BCUT2D eigenvalue weighted by Crippen LogP contribution is 2.50. The number of rotatable bonds is 5. The summed E-state index contributed by atoms with van der Waals surface area (Å²) in [6.45, 7) is 11.6. The van der Waals surface area contributed by atoms with Crippen LogP contribution in [0.2, 0.25) is 0 Å². The zero-order valence-corrected chi connectivity index (χ0v) is 16.8. The average molecular weight is 381 g/mol. The van der Waals surface area contributed by atoms with E-state index in [0.29, 0.717) is 17.7 Å². The van der Waals surface area contributed by atoms with Crippen LogP contribution in [0.4, 0.5) is 0 Å². The fourth-order valence-corrected chi connectivity index (χ4v) is 3.61. The van der Waals surface area contributed by atoms with Crippen molar-refractivity contribution >= 4 is 22.7 Å². The molecule has 0 saturated heterocycles. The predicted octanol–water partition coefficient (Wildman–Crippen LogP) is 3.74. The Hall–Kier alpha value is -2.73. The topological polar surface area (TPSA) is 77.2 Å². The number of carbonyl (C=O) groups is 1. The van der Waals surface area contributed by atoms with Crippen molar-refractivity contribution in [2.45, 2.75) is 40.2 Å². The Kier molecular flexibility index (Phi) is 5.26. The van der Waals surface area contributed by atoms with Gasteiger partial charge in [-0.3, -0.25) is 0 Å². The van der Waals surface area contributed by atoms with Gasteiger partial charge in [0.25, 0.3) is 0 Å². The lowest BCUT2D eigenvalue weighted by molar-refractivity contribution is -0.140. The van der Waals surface area contributed by atoms with E-state index in [1.165, 1.54) is 4.80 Å². The predicted molar refractivity (Wildman–Crippen MR) is 109 cm³/mol. The summed E-state index contributed by atoms with van der Waals surface area (Å²) in [5.41, 5.74) is 1.54. The molecule has 0 saturated carbocycles. The first-order chi connectivity index (χ1) is 13.2. The number of hydrogen-bond acceptors (Lipinski definition) is 5. The maximum absolute atomic E-state index is 11.8. The number of aromatic nitrogens is 3. The minimum Gasteiger partial charge on any atom is -0.462 e. The summed E-state index contributed by atoms with van der Waals surface area (Å²) in [6, 6.07) is 7.59. The number of aliphatic hydroxyl groups is 1. The van der Waals surface area contributed by atoms with Gasteiger partial charge in [0.2, 0.25) is 0 Å². The molecular formula is C22H27N3O3. The van der Waals surface area contributed by atoms with Crippen LogP contribution in [0.25, 0.3) is 16.7 Å². The van der Waals surface area contributed by atoms with Crippen molar-refractivity contribution in [3.05, 3.63) is 54.6 Å². The highest BCUT2D eigenvalue weighted by atomic mass is 16.5. The van der Waals surface area contributed by atoms with Gasteiger partial charge in [-0.05, 0) is 37.0 Å². The van der Waals surface area contributed by atoms with Crippen LogP contribution in [0, 0.1) is 10.8 Å². The lowest BCUT2D eigenvalue weighted by Crippen LogP contribution is -2.48. The number of esters is 1. The van der Waals surface area contributed by atoms with E-state index >= 15 is 0 Å². The van der Waals surface area contributed by atoms with Crippen LogP contribution in [-0.4, -0.2) is 38.8 Å². The molecule has 0 spiro atoms. The van der Waals surface area contributed by atoms with Crippen LogP contribution in [0.1, 0.15) is 34.1 Å². The Balaban J connectivity index is 1.91. The number of allylic oxidation sites excluding steroid dienone is 2. The summed E-state index contributed by atoms with van der Waals surface area (Å²) < 4.78 is 5.32. The molecule has 6 nitrogen and oxygen atoms in total. The number of hydrogen-bond donors (Lipinski definition) is 1. The molecule has 1 N–H and O–H groups in total. The first-order valence-electron chi connectivity index (χ1n) is 9.38. The van der Waals surface area contributed by atoms with Gasteiger partial charge in [-0.15, -0.1) is 10.2 Å². The van der Waals surface area contributed by atoms with E-state index in [4.69, 9.17) is 4.74 Å². The Morgan fingerprint density at radius 2 is 1.89 bits per heavy atom. The molecule has 0 radical (unpaired) electrons. The molecule has 6 heteroatoms. The van der Waals surface area contributed by atoms with Gasteiger partial charge in [0.15, 0.2) is 0 Å². The summed E-state index contributed by atoms with van der Waals surface area (Å²) in [6.07, 6.45) is 5.35. The zero-order valence-electron chi connectivity index (χ0n) is 16.8. The number of ether oxygens (including phenoxy) is 1. The molecule has 3 rings (SSSR count). The molecule has 1 aliphatic carbocycles. The van der Waals surface area contributed by atoms with E-state index in [2.05, 4.69) is 37.5 Å². The van der Waals surface area contributed by atoms with Gasteiger partial charge in [-0.25, -0.2) is 4.79 Å². The van der Waals surface area contributed by atoms with Gasteiger partial charge < -0.3 is 9.84 Å². The Bertz CT molecular complexity index is 932. The second-order valence-corrected chi connectivity index (χ2v) is 8.29. The molecule has 0 fully saturated rings. The highest BCUT2D eigenvalue weighted by Gasteiger charge is 2.48. The van der Waals surface area contributed by atoms with Crippen LogP contribution in [0.15, 0.2) is 54.6 Å². The first kappa shape index (κ1) is 20.0. The second kappa shape index (κ2) is 7.36. The first-order valence-corrected chi connectivity index (χ1v) is 9.38. The van der Waals surface area contributed by atoms with Crippen molar-refractivity contribution in [2.24, 2.45) is 10.8 Å². The summed E-state index contributed by atoms with van der Waals surface area (Å²) in [5.74, 6) is -0.422. The van der Waals surface area contributed by atoms with E-state index in [0.717, 1.165) is 11.0 Å². The fourth-order valence-electron chi connectivity index (χ4n) is 3.61. The molecule has 1 aromatic carbocycles. The summed E-state index contributed by atoms with van der Waals surface area (Å²) in [4.78, 5) is 13.3. The molecule has 2 aromatic rings. The van der Waals surface area contributed by atoms with Crippen molar-refractivity contribution in [3.63, 3.8) is 0 Å². The van der Waals surface area contributed by atoms with Crippen LogP contribution in [0.3, 0.4) is 0 Å². The fraction of sp³-hybridized carbons (Fsp3) is 0.409. The third kappa shape index (κ3) is 3.52. The maximum Gasteiger partial charge on any atom is 0.333 e. The van der Waals surface area contributed by atoms with Crippen molar-refractivity contribution < 1.29 is 14.6 Å². The maximum atomic E-state index is 11.8. The van der Waals surface area contributed by atoms with Crippen LogP contribution in [0.5, 0.6) is 0 Å². The lowest BCUT2D eigenvalue weighted by atomic mass is 9.59. The quantitative estimate of drug-likeness (QED) is 0.630. The third-order valence-corrected chi connectivity index (χ3v) is 5.44. The summed E-state index contributed by atoms with van der Waals surface area (Å²) in [7, 11) is 0. The molecule has 1 aromatic heterocycles. The van der Waals surface area contributed by atoms with E-state index in [9.17, 15) is 9.90 Å². The minimum atomic E-state index is -0.858. The lowest BCUT2D eigenvalue weighted by Gasteiger charge is -2.47. The zero-order chi connectivity index (χ0) is 20.5. The minimum absolute atomic E-state index is 0.187. The second-order valence-electron chi connectivity index (χ2n) is 8.29. The molecule has 0 aliphatic heterocycles. The van der Waals surface area contributed by atoms with Crippen LogP contribution < -0.4 is 0 Å². The monoisotopic (exact) mass is 381 g/mol. The van der Waals surface area contributed by atoms with Crippen LogP contribution in [-0.2, 0) is 9.53 Å². The number of carbonyl (C=O) groups excluding carboxylic acids is 1. The van der Waals surface area contributed by atoms with Gasteiger partial charge in [0.1, 0.15) is 17.1 Å². The molecule has 0 amide bonds. The molecule has 1 aliphatic rings. The molecule has 2 atom stereocenters. The Morgan fingerprint density at radius 1 is 1.29 bits per heavy atom.